The van der Waals surface area contributed by atoms with Crippen LogP contribution in [0.2, 0.25) is 0 Å². The van der Waals surface area contributed by atoms with Crippen molar-refractivity contribution in [2.75, 3.05) is 12.1 Å². The van der Waals surface area contributed by atoms with Gasteiger partial charge in [-0.05, 0) is 6.07 Å². The number of aliphatic hydroxyl groups excluding tert-OH is 1. The van der Waals surface area contributed by atoms with Gasteiger partial charge in [0.2, 0.25) is 0 Å². The second kappa shape index (κ2) is 8.99. The summed E-state index contributed by atoms with van der Waals surface area (Å²) < 4.78 is 51.2. The van der Waals surface area contributed by atoms with Gasteiger partial charge in [-0.3, -0.25) is 19.8 Å². The molecule has 1 aliphatic rings. The molecule has 29 heavy (non-hydrogen) atoms. The summed E-state index contributed by atoms with van der Waals surface area (Å²) in [4.78, 5) is 50.6. The fourth-order valence-corrected chi connectivity index (χ4v) is 5.23. The maximum atomic E-state index is 11.9. The van der Waals surface area contributed by atoms with Crippen molar-refractivity contribution in [3.63, 3.8) is 0 Å². The van der Waals surface area contributed by atoms with Gasteiger partial charge >= 0.3 is 29.2 Å². The van der Waals surface area contributed by atoms with E-state index < -0.39 is 54.2 Å². The van der Waals surface area contributed by atoms with Crippen LogP contribution >= 0.6 is 23.5 Å². The lowest BCUT2D eigenvalue weighted by Crippen LogP contribution is -2.28. The van der Waals surface area contributed by atoms with Gasteiger partial charge in [0.15, 0.2) is 5.82 Å². The molecular weight excluding hydrogens is 467 g/mol. The first kappa shape index (κ1) is 24.2. The second-order valence-corrected chi connectivity index (χ2v) is 9.85. The molecule has 0 spiro atoms. The molecule has 0 aliphatic carbocycles. The molecule has 7 N–H and O–H groups in total. The van der Waals surface area contributed by atoms with E-state index in [2.05, 4.69) is 18.1 Å². The third-order valence-electron chi connectivity index (χ3n) is 3.28. The predicted octanol–water partition coefficient (Wildman–Crippen LogP) is -0.964. The molecule has 5 atom stereocenters. The zero-order valence-electron chi connectivity index (χ0n) is 14.0. The van der Waals surface area contributed by atoms with Crippen molar-refractivity contribution in [1.82, 2.24) is 9.55 Å². The highest BCUT2D eigenvalue weighted by atomic mass is 31.3. The largest absolute Gasteiger partial charge is 0.490 e. The molecular formula is C9H16N3O14P3. The fourth-order valence-electron chi connectivity index (χ4n) is 2.20. The van der Waals surface area contributed by atoms with Crippen LogP contribution in [-0.2, 0) is 31.6 Å². The Kier molecular flexibility index (Phi) is 7.52. The highest BCUT2D eigenvalue weighted by Crippen LogP contribution is 2.66. The number of rotatable bonds is 9. The highest BCUT2D eigenvalue weighted by Gasteiger charge is 2.42. The van der Waals surface area contributed by atoms with Crippen molar-refractivity contribution in [3.05, 3.63) is 22.7 Å². The van der Waals surface area contributed by atoms with Gasteiger partial charge < -0.3 is 29.4 Å². The van der Waals surface area contributed by atoms with E-state index in [0.717, 1.165) is 4.57 Å². The summed E-state index contributed by atoms with van der Waals surface area (Å²) in [5.74, 6) is -0.144. The summed E-state index contributed by atoms with van der Waals surface area (Å²) >= 11 is 0. The zero-order chi connectivity index (χ0) is 22.0. The van der Waals surface area contributed by atoms with Gasteiger partial charge in [-0.25, -0.2) is 18.5 Å². The Morgan fingerprint density at radius 2 is 1.86 bits per heavy atom. The maximum Gasteiger partial charge on any atom is 0.490 e. The van der Waals surface area contributed by atoms with Gasteiger partial charge in [0.1, 0.15) is 12.3 Å². The first-order chi connectivity index (χ1) is 13.2. The van der Waals surface area contributed by atoms with Crippen molar-refractivity contribution >= 4 is 29.3 Å². The van der Waals surface area contributed by atoms with Crippen LogP contribution in [0, 0.1) is 0 Å². The van der Waals surface area contributed by atoms with Crippen molar-refractivity contribution in [2.45, 2.75) is 24.9 Å². The average molecular weight is 483 g/mol. The lowest BCUT2D eigenvalue weighted by atomic mass is 10.2. The summed E-state index contributed by atoms with van der Waals surface area (Å²) in [6.45, 7) is -0.875. The fraction of sp³-hybridized carbons (Fsp3) is 0.556. The normalized spacial score (nSPS) is 26.6. The van der Waals surface area contributed by atoms with E-state index in [0.29, 0.717) is 0 Å². The average Bonchev–Trinajstić information content (AvgIpc) is 2.90. The van der Waals surface area contributed by atoms with Crippen LogP contribution in [0.3, 0.4) is 0 Å². The van der Waals surface area contributed by atoms with Crippen LogP contribution in [0.1, 0.15) is 12.6 Å². The number of phosphoric ester groups is 1. The molecule has 2 heterocycles. The molecule has 17 nitrogen and oxygen atoms in total. The lowest BCUT2D eigenvalue weighted by molar-refractivity contribution is -0.0449. The van der Waals surface area contributed by atoms with Gasteiger partial charge in [-0.1, -0.05) is 0 Å². The topological polar surface area (TPSA) is 256 Å². The molecule has 1 fully saturated rings. The Hall–Kier alpha value is -1.03. The van der Waals surface area contributed by atoms with E-state index >= 15 is 0 Å². The number of nitrogens with one attached hydrogen (secondary N) is 1. The molecule has 1 aromatic heterocycles. The predicted molar refractivity (Wildman–Crippen MR) is 88.3 cm³/mol. The van der Waals surface area contributed by atoms with Gasteiger partial charge in [-0.15, -0.1) is 0 Å². The van der Waals surface area contributed by atoms with E-state index in [-0.39, 0.29) is 12.2 Å². The lowest BCUT2D eigenvalue weighted by Gasteiger charge is -2.19. The van der Waals surface area contributed by atoms with E-state index in [9.17, 15) is 28.5 Å². The van der Waals surface area contributed by atoms with Crippen LogP contribution in [0.25, 0.3) is 0 Å². The summed E-state index contributed by atoms with van der Waals surface area (Å²) in [5, 5.41) is 18.6. The van der Waals surface area contributed by atoms with Gasteiger partial charge in [0, 0.05) is 12.6 Å². The van der Waals surface area contributed by atoms with Crippen LogP contribution in [-0.4, -0.2) is 58.3 Å². The highest BCUT2D eigenvalue weighted by molar-refractivity contribution is 7.66. The standard InChI is InChI=1S/C9H16N3O14P3/c13-5-3-8(12-2-1-7(11-15)10-9(12)14)24-6(5)4-23-28(19,20)26-29(21,22)25-27(16,17)18/h1-2,5-6,8,13,15H,3-4H2,(H,19,20)(H,21,22)(H,10,11,14)(H2,16,17,18)/t5-,6+,8+/m0/s1. The number of aliphatic hydroxyl groups is 1. The zero-order valence-corrected chi connectivity index (χ0v) is 16.7. The Balaban J connectivity index is 1.99. The van der Waals surface area contributed by atoms with Gasteiger partial charge in [0.05, 0.1) is 12.7 Å². The number of hydrogen-bond acceptors (Lipinski definition) is 12. The summed E-state index contributed by atoms with van der Waals surface area (Å²) in [5.41, 5.74) is 0.811. The third kappa shape index (κ3) is 7.31. The minimum atomic E-state index is -5.67. The van der Waals surface area contributed by atoms with Crippen molar-refractivity contribution in [3.8, 4) is 0 Å². The third-order valence-corrected chi connectivity index (χ3v) is 7.08. The summed E-state index contributed by atoms with van der Waals surface area (Å²) in [6.07, 6.45) is -2.65. The first-order valence-corrected chi connectivity index (χ1v) is 11.8. The summed E-state index contributed by atoms with van der Waals surface area (Å²) in [7, 11) is -16.6. The molecule has 0 amide bonds. The Labute approximate surface area is 160 Å². The first-order valence-electron chi connectivity index (χ1n) is 7.32. The van der Waals surface area contributed by atoms with Crippen LogP contribution in [0.4, 0.5) is 5.82 Å². The molecule has 0 bridgehead atoms. The second-order valence-electron chi connectivity index (χ2n) is 5.43. The van der Waals surface area contributed by atoms with Crippen LogP contribution in [0.5, 0.6) is 0 Å². The van der Waals surface area contributed by atoms with Crippen molar-refractivity contribution < 1.29 is 61.5 Å². The number of nitrogens with zero attached hydrogens (tertiary/aromatic N) is 2. The maximum absolute atomic E-state index is 11.9. The minimum Gasteiger partial charge on any atom is -0.390 e. The Morgan fingerprint density at radius 1 is 1.21 bits per heavy atom. The minimum absolute atomic E-state index is 0.144. The van der Waals surface area contributed by atoms with Crippen molar-refractivity contribution in [1.29, 1.82) is 0 Å². The van der Waals surface area contributed by atoms with Crippen molar-refractivity contribution in [2.24, 2.45) is 0 Å². The number of aromatic nitrogens is 2. The molecule has 1 saturated heterocycles. The van der Waals surface area contributed by atoms with E-state index in [1.807, 2.05) is 0 Å². The van der Waals surface area contributed by atoms with Crippen LogP contribution < -0.4 is 11.2 Å². The summed E-state index contributed by atoms with van der Waals surface area (Å²) in [6, 6.07) is 1.22. The smallest absolute Gasteiger partial charge is 0.390 e. The quantitative estimate of drug-likeness (QED) is 0.165. The Morgan fingerprint density at radius 3 is 2.41 bits per heavy atom. The van der Waals surface area contributed by atoms with Gasteiger partial charge in [0.25, 0.3) is 0 Å². The molecule has 2 rings (SSSR count). The van der Waals surface area contributed by atoms with E-state index in [1.165, 1.54) is 12.3 Å². The number of phosphoric acid groups is 3. The molecule has 166 valence electrons. The monoisotopic (exact) mass is 483 g/mol. The SMILES string of the molecule is O=c1nc(NO)ccn1[C@H]1C[C@H](O)[C@@H](COP(=O)(O)OP(=O)(O)OP(=O)(O)O)O1. The number of anilines is 1. The number of ether oxygens (including phenoxy) is 1. The Bertz CT molecular complexity index is 930. The molecule has 0 saturated carbocycles. The van der Waals surface area contributed by atoms with E-state index in [4.69, 9.17) is 24.6 Å². The molecule has 0 radical (unpaired) electrons. The molecule has 1 aliphatic heterocycles. The van der Waals surface area contributed by atoms with Crippen LogP contribution in [0.15, 0.2) is 17.1 Å². The number of hydrogen-bond donors (Lipinski definition) is 7. The molecule has 0 aromatic carbocycles. The molecule has 2 unspecified atom stereocenters. The van der Waals surface area contributed by atoms with Gasteiger partial charge in [-0.2, -0.15) is 13.6 Å². The molecule has 20 heteroatoms. The van der Waals surface area contributed by atoms with E-state index in [1.54, 1.807) is 5.48 Å². The molecule has 1 aromatic rings.